The second-order valence-electron chi connectivity index (χ2n) is 7.59. The van der Waals surface area contributed by atoms with E-state index < -0.39 is 0 Å². The van der Waals surface area contributed by atoms with Gasteiger partial charge >= 0.3 is 6.03 Å². The first-order valence-corrected chi connectivity index (χ1v) is 10.0. The van der Waals surface area contributed by atoms with E-state index in [0.717, 1.165) is 26.2 Å². The molecule has 3 heterocycles. The second-order valence-corrected chi connectivity index (χ2v) is 7.59. The topological polar surface area (TPSA) is 48.5 Å². The van der Waals surface area contributed by atoms with Gasteiger partial charge in [-0.25, -0.2) is 4.79 Å². The fraction of sp³-hybridized carbons (Fsp3) is 0.455. The van der Waals surface area contributed by atoms with E-state index in [4.69, 9.17) is 0 Å². The number of aromatic nitrogens is 1. The van der Waals surface area contributed by atoms with Crippen molar-refractivity contribution in [3.8, 4) is 0 Å². The van der Waals surface area contributed by atoms with Crippen molar-refractivity contribution in [3.63, 3.8) is 0 Å². The van der Waals surface area contributed by atoms with Crippen LogP contribution >= 0.6 is 0 Å². The van der Waals surface area contributed by atoms with E-state index in [1.807, 2.05) is 29.4 Å². The molecule has 0 aliphatic carbocycles. The predicted molar refractivity (Wildman–Crippen MR) is 107 cm³/mol. The minimum absolute atomic E-state index is 0.0539. The van der Waals surface area contributed by atoms with Gasteiger partial charge in [0.2, 0.25) is 0 Å². The van der Waals surface area contributed by atoms with Crippen LogP contribution in [0.5, 0.6) is 0 Å². The third-order valence-electron chi connectivity index (χ3n) is 5.81. The molecule has 1 aromatic heterocycles. The number of nitrogens with one attached hydrogen (secondary N) is 1. The molecule has 0 radical (unpaired) electrons. The van der Waals surface area contributed by atoms with Gasteiger partial charge in [-0.1, -0.05) is 36.8 Å². The van der Waals surface area contributed by atoms with E-state index in [1.54, 1.807) is 0 Å². The highest BCUT2D eigenvalue weighted by Gasteiger charge is 2.32. The number of rotatable bonds is 5. The monoisotopic (exact) mass is 364 g/mol. The van der Waals surface area contributed by atoms with Gasteiger partial charge in [0, 0.05) is 37.9 Å². The molecule has 2 aliphatic heterocycles. The SMILES string of the molecule is O=C(NC[C@H](c1ccccc1)N1CCCCC1)N1CC(c2ccncc2)C1. The molecular formula is C22H28N4O. The highest BCUT2D eigenvalue weighted by Crippen LogP contribution is 2.27. The number of amides is 2. The number of carbonyl (C=O) groups is 1. The van der Waals surface area contributed by atoms with Crippen molar-refractivity contribution >= 4 is 6.03 Å². The molecule has 0 spiro atoms. The molecule has 2 fully saturated rings. The van der Waals surface area contributed by atoms with Crippen LogP contribution in [0.25, 0.3) is 0 Å². The fourth-order valence-electron chi connectivity index (χ4n) is 4.15. The van der Waals surface area contributed by atoms with Crippen LogP contribution in [-0.4, -0.2) is 53.5 Å². The van der Waals surface area contributed by atoms with Crippen LogP contribution in [0.1, 0.15) is 42.3 Å². The lowest BCUT2D eigenvalue weighted by Crippen LogP contribution is -2.53. The second kappa shape index (κ2) is 8.53. The van der Waals surface area contributed by atoms with Crippen molar-refractivity contribution in [2.75, 3.05) is 32.7 Å². The lowest BCUT2D eigenvalue weighted by atomic mass is 9.93. The zero-order valence-corrected chi connectivity index (χ0v) is 15.8. The third-order valence-corrected chi connectivity index (χ3v) is 5.81. The number of benzene rings is 1. The van der Waals surface area contributed by atoms with Gasteiger partial charge in [0.25, 0.3) is 0 Å². The van der Waals surface area contributed by atoms with Crippen LogP contribution in [0.15, 0.2) is 54.9 Å². The van der Waals surface area contributed by atoms with Crippen LogP contribution in [0.3, 0.4) is 0 Å². The summed E-state index contributed by atoms with van der Waals surface area (Å²) in [7, 11) is 0. The number of likely N-dealkylation sites (tertiary alicyclic amines) is 2. The highest BCUT2D eigenvalue weighted by molar-refractivity contribution is 5.75. The van der Waals surface area contributed by atoms with Gasteiger partial charge in [-0.05, 0) is 49.2 Å². The average molecular weight is 364 g/mol. The zero-order valence-electron chi connectivity index (χ0n) is 15.8. The molecule has 4 rings (SSSR count). The molecule has 1 atom stereocenters. The van der Waals surface area contributed by atoms with Crippen LogP contribution in [0.4, 0.5) is 4.79 Å². The van der Waals surface area contributed by atoms with E-state index in [0.29, 0.717) is 12.5 Å². The van der Waals surface area contributed by atoms with Gasteiger partial charge in [-0.2, -0.15) is 0 Å². The first-order valence-electron chi connectivity index (χ1n) is 10.0. The summed E-state index contributed by atoms with van der Waals surface area (Å²) in [6, 6.07) is 15.0. The predicted octanol–water partition coefficient (Wildman–Crippen LogP) is 3.42. The van der Waals surface area contributed by atoms with E-state index in [1.165, 1.54) is 30.4 Å². The number of urea groups is 1. The maximum absolute atomic E-state index is 12.6. The molecule has 2 amide bonds. The zero-order chi connectivity index (χ0) is 18.5. The molecule has 5 heteroatoms. The van der Waals surface area contributed by atoms with E-state index in [2.05, 4.69) is 45.5 Å². The van der Waals surface area contributed by atoms with Crippen LogP contribution in [0, 0.1) is 0 Å². The molecular weight excluding hydrogens is 336 g/mol. The van der Waals surface area contributed by atoms with Gasteiger partial charge in [0.15, 0.2) is 0 Å². The minimum Gasteiger partial charge on any atom is -0.336 e. The van der Waals surface area contributed by atoms with E-state index >= 15 is 0 Å². The first kappa shape index (κ1) is 18.0. The maximum Gasteiger partial charge on any atom is 0.317 e. The summed E-state index contributed by atoms with van der Waals surface area (Å²) in [5.41, 5.74) is 2.56. The Morgan fingerprint density at radius 2 is 1.74 bits per heavy atom. The molecule has 27 heavy (non-hydrogen) atoms. The van der Waals surface area contributed by atoms with Crippen molar-refractivity contribution in [1.29, 1.82) is 0 Å². The molecule has 2 aromatic rings. The summed E-state index contributed by atoms with van der Waals surface area (Å²) >= 11 is 0. The van der Waals surface area contributed by atoms with Gasteiger partial charge in [0.05, 0.1) is 6.04 Å². The van der Waals surface area contributed by atoms with Gasteiger partial charge < -0.3 is 10.2 Å². The van der Waals surface area contributed by atoms with Crippen molar-refractivity contribution in [3.05, 3.63) is 66.0 Å². The molecule has 1 N–H and O–H groups in total. The Morgan fingerprint density at radius 3 is 2.44 bits per heavy atom. The standard InChI is InChI=1S/C22H28N4O/c27-22(26-16-20(17-26)18-9-11-23-12-10-18)24-15-21(19-7-3-1-4-8-19)25-13-5-2-6-14-25/h1,3-4,7-12,20-21H,2,5-6,13-17H2,(H,24,27)/t21-/m1/s1. The smallest absolute Gasteiger partial charge is 0.317 e. The summed E-state index contributed by atoms with van der Waals surface area (Å²) in [6.07, 6.45) is 7.45. The number of nitrogens with zero attached hydrogens (tertiary/aromatic N) is 3. The molecule has 2 aliphatic rings. The normalized spacial score (nSPS) is 19.3. The molecule has 1 aromatic carbocycles. The number of pyridine rings is 1. The van der Waals surface area contributed by atoms with Crippen LogP contribution < -0.4 is 5.32 Å². The average Bonchev–Trinajstić information content (AvgIpc) is 2.69. The van der Waals surface area contributed by atoms with Gasteiger partial charge in [0.1, 0.15) is 0 Å². The summed E-state index contributed by atoms with van der Waals surface area (Å²) < 4.78 is 0. The minimum atomic E-state index is 0.0539. The summed E-state index contributed by atoms with van der Waals surface area (Å²) in [5.74, 6) is 0.436. The Morgan fingerprint density at radius 1 is 1.04 bits per heavy atom. The molecule has 0 bridgehead atoms. The largest absolute Gasteiger partial charge is 0.336 e. The molecule has 0 unspecified atom stereocenters. The maximum atomic E-state index is 12.6. The van der Waals surface area contributed by atoms with Crippen LogP contribution in [-0.2, 0) is 0 Å². The van der Waals surface area contributed by atoms with Crippen molar-refractivity contribution in [2.45, 2.75) is 31.2 Å². The number of piperidine rings is 1. The Bertz CT molecular complexity index is 724. The fourth-order valence-corrected chi connectivity index (χ4v) is 4.15. The Labute approximate surface area is 161 Å². The highest BCUT2D eigenvalue weighted by atomic mass is 16.2. The lowest BCUT2D eigenvalue weighted by molar-refractivity contribution is 0.137. The van der Waals surface area contributed by atoms with Crippen LogP contribution in [0.2, 0.25) is 0 Å². The number of hydrogen-bond acceptors (Lipinski definition) is 3. The molecule has 5 nitrogen and oxygen atoms in total. The third kappa shape index (κ3) is 4.30. The van der Waals surface area contributed by atoms with Crippen molar-refractivity contribution in [1.82, 2.24) is 20.1 Å². The Kier molecular flexibility index (Phi) is 5.68. The number of hydrogen-bond donors (Lipinski definition) is 1. The van der Waals surface area contributed by atoms with Gasteiger partial charge in [-0.3, -0.25) is 9.88 Å². The molecule has 2 saturated heterocycles. The summed E-state index contributed by atoms with van der Waals surface area (Å²) in [5, 5.41) is 3.19. The Hall–Kier alpha value is -2.40. The first-order chi connectivity index (χ1) is 13.3. The quantitative estimate of drug-likeness (QED) is 0.884. The number of carbonyl (C=O) groups excluding carboxylic acids is 1. The van der Waals surface area contributed by atoms with Gasteiger partial charge in [-0.15, -0.1) is 0 Å². The van der Waals surface area contributed by atoms with Crippen molar-refractivity contribution < 1.29 is 4.79 Å². The molecule has 0 saturated carbocycles. The Balaban J connectivity index is 1.33. The van der Waals surface area contributed by atoms with E-state index in [-0.39, 0.29) is 12.1 Å². The van der Waals surface area contributed by atoms with Crippen molar-refractivity contribution in [2.24, 2.45) is 0 Å². The lowest BCUT2D eigenvalue weighted by Gasteiger charge is -2.40. The van der Waals surface area contributed by atoms with E-state index in [9.17, 15) is 4.79 Å². The summed E-state index contributed by atoms with van der Waals surface area (Å²) in [4.78, 5) is 21.1. The summed E-state index contributed by atoms with van der Waals surface area (Å²) in [6.45, 7) is 4.47. The molecule has 142 valence electrons.